The van der Waals surface area contributed by atoms with E-state index in [1.54, 1.807) is 0 Å². The number of benzene rings is 2. The first kappa shape index (κ1) is 11.5. The molecule has 2 aromatic rings. The van der Waals surface area contributed by atoms with Crippen LogP contribution in [0, 0.1) is 0 Å². The zero-order chi connectivity index (χ0) is 12.3. The van der Waals surface area contributed by atoms with E-state index in [0.717, 1.165) is 11.4 Å². The van der Waals surface area contributed by atoms with Gasteiger partial charge in [0.05, 0.1) is 0 Å². The minimum atomic E-state index is 0.456. The second-order valence-electron chi connectivity index (χ2n) is 4.50. The molecule has 17 heavy (non-hydrogen) atoms. The quantitative estimate of drug-likeness (QED) is 0.782. The van der Waals surface area contributed by atoms with Crippen molar-refractivity contribution in [3.8, 4) is 11.1 Å². The van der Waals surface area contributed by atoms with E-state index in [9.17, 15) is 0 Å². The first-order valence-corrected chi connectivity index (χ1v) is 5.87. The van der Waals surface area contributed by atoms with E-state index in [0.29, 0.717) is 6.04 Å². The van der Waals surface area contributed by atoms with Crippen LogP contribution in [0.1, 0.15) is 13.8 Å². The van der Waals surface area contributed by atoms with Gasteiger partial charge in [-0.05, 0) is 49.2 Å². The number of nitrogens with one attached hydrogen (secondary N) is 1. The van der Waals surface area contributed by atoms with Crippen molar-refractivity contribution in [1.29, 1.82) is 0 Å². The van der Waals surface area contributed by atoms with Crippen molar-refractivity contribution in [2.24, 2.45) is 0 Å². The molecule has 2 heteroatoms. The molecule has 0 heterocycles. The summed E-state index contributed by atoms with van der Waals surface area (Å²) in [5.41, 5.74) is 10.0. The Balaban J connectivity index is 2.20. The lowest BCUT2D eigenvalue weighted by molar-refractivity contribution is 0.900. The van der Waals surface area contributed by atoms with Crippen LogP contribution >= 0.6 is 0 Å². The lowest BCUT2D eigenvalue weighted by Gasteiger charge is -2.10. The molecule has 0 aliphatic carbocycles. The average molecular weight is 226 g/mol. The van der Waals surface area contributed by atoms with Crippen LogP contribution in [-0.4, -0.2) is 6.04 Å². The Kier molecular flexibility index (Phi) is 3.33. The normalized spacial score (nSPS) is 10.5. The second kappa shape index (κ2) is 4.91. The zero-order valence-electron chi connectivity index (χ0n) is 10.3. The predicted octanol–water partition coefficient (Wildman–Crippen LogP) is 3.76. The van der Waals surface area contributed by atoms with Gasteiger partial charge in [0.15, 0.2) is 0 Å². The molecule has 0 unspecified atom stereocenters. The van der Waals surface area contributed by atoms with Gasteiger partial charge in [-0.25, -0.2) is 0 Å². The van der Waals surface area contributed by atoms with Crippen LogP contribution in [0.5, 0.6) is 0 Å². The molecule has 0 aliphatic rings. The molecule has 88 valence electrons. The van der Waals surface area contributed by atoms with Crippen molar-refractivity contribution in [1.82, 2.24) is 0 Å². The van der Waals surface area contributed by atoms with E-state index < -0.39 is 0 Å². The Bertz CT molecular complexity index is 469. The highest BCUT2D eigenvalue weighted by Gasteiger charge is 1.98. The molecule has 3 N–H and O–H groups in total. The van der Waals surface area contributed by atoms with Crippen LogP contribution in [0.2, 0.25) is 0 Å². The summed E-state index contributed by atoms with van der Waals surface area (Å²) in [7, 11) is 0. The van der Waals surface area contributed by atoms with Gasteiger partial charge in [-0.1, -0.05) is 24.3 Å². The molecule has 0 spiro atoms. The van der Waals surface area contributed by atoms with Crippen molar-refractivity contribution in [2.45, 2.75) is 19.9 Å². The number of anilines is 2. The monoisotopic (exact) mass is 226 g/mol. The number of nitrogen functional groups attached to an aromatic ring is 1. The van der Waals surface area contributed by atoms with Crippen molar-refractivity contribution >= 4 is 11.4 Å². The largest absolute Gasteiger partial charge is 0.399 e. The highest BCUT2D eigenvalue weighted by atomic mass is 14.9. The molecule has 0 atom stereocenters. The lowest BCUT2D eigenvalue weighted by atomic mass is 10.1. The van der Waals surface area contributed by atoms with E-state index in [-0.39, 0.29) is 0 Å². The third kappa shape index (κ3) is 3.00. The molecular weight excluding hydrogens is 208 g/mol. The van der Waals surface area contributed by atoms with Crippen LogP contribution in [0.15, 0.2) is 48.5 Å². The van der Waals surface area contributed by atoms with Gasteiger partial charge in [0, 0.05) is 17.4 Å². The summed E-state index contributed by atoms with van der Waals surface area (Å²) in [6.07, 6.45) is 0. The predicted molar refractivity (Wildman–Crippen MR) is 75.0 cm³/mol. The van der Waals surface area contributed by atoms with E-state index >= 15 is 0 Å². The van der Waals surface area contributed by atoms with Crippen LogP contribution in [0.3, 0.4) is 0 Å². The highest BCUT2D eigenvalue weighted by Crippen LogP contribution is 2.22. The fourth-order valence-corrected chi connectivity index (χ4v) is 1.77. The van der Waals surface area contributed by atoms with Crippen LogP contribution in [0.25, 0.3) is 11.1 Å². The number of rotatable bonds is 3. The van der Waals surface area contributed by atoms with Gasteiger partial charge >= 0.3 is 0 Å². The summed E-state index contributed by atoms with van der Waals surface area (Å²) in [6, 6.07) is 16.8. The minimum absolute atomic E-state index is 0.456. The van der Waals surface area contributed by atoms with E-state index in [2.05, 4.69) is 43.4 Å². The Morgan fingerprint density at radius 1 is 0.824 bits per heavy atom. The maximum absolute atomic E-state index is 5.67. The molecule has 0 fully saturated rings. The van der Waals surface area contributed by atoms with Crippen molar-refractivity contribution in [3.05, 3.63) is 48.5 Å². The molecule has 2 aromatic carbocycles. The van der Waals surface area contributed by atoms with Crippen molar-refractivity contribution in [3.63, 3.8) is 0 Å². The summed E-state index contributed by atoms with van der Waals surface area (Å²) in [6.45, 7) is 4.27. The summed E-state index contributed by atoms with van der Waals surface area (Å²) >= 11 is 0. The maximum atomic E-state index is 5.67. The Morgan fingerprint density at radius 2 is 1.29 bits per heavy atom. The van der Waals surface area contributed by atoms with Gasteiger partial charge in [0.25, 0.3) is 0 Å². The molecule has 0 aliphatic heterocycles. The van der Waals surface area contributed by atoms with Gasteiger partial charge in [-0.3, -0.25) is 0 Å². The Morgan fingerprint density at radius 3 is 1.76 bits per heavy atom. The van der Waals surface area contributed by atoms with Crippen LogP contribution in [-0.2, 0) is 0 Å². The van der Waals surface area contributed by atoms with Gasteiger partial charge in [0.2, 0.25) is 0 Å². The topological polar surface area (TPSA) is 38.0 Å². The fourth-order valence-electron chi connectivity index (χ4n) is 1.77. The molecule has 0 saturated heterocycles. The van der Waals surface area contributed by atoms with E-state index in [1.165, 1.54) is 11.1 Å². The molecule has 0 saturated carbocycles. The van der Waals surface area contributed by atoms with Gasteiger partial charge in [-0.2, -0.15) is 0 Å². The van der Waals surface area contributed by atoms with E-state index in [1.807, 2.05) is 24.3 Å². The third-order valence-electron chi connectivity index (χ3n) is 2.58. The Labute approximate surface area is 102 Å². The van der Waals surface area contributed by atoms with Gasteiger partial charge < -0.3 is 11.1 Å². The summed E-state index contributed by atoms with van der Waals surface area (Å²) in [5.74, 6) is 0. The van der Waals surface area contributed by atoms with Crippen LogP contribution < -0.4 is 11.1 Å². The number of nitrogens with two attached hydrogens (primary N) is 1. The number of hydrogen-bond acceptors (Lipinski definition) is 2. The maximum Gasteiger partial charge on any atom is 0.0342 e. The first-order chi connectivity index (χ1) is 8.15. The summed E-state index contributed by atoms with van der Waals surface area (Å²) in [4.78, 5) is 0. The highest BCUT2D eigenvalue weighted by molar-refractivity contribution is 5.67. The molecule has 0 bridgehead atoms. The third-order valence-corrected chi connectivity index (χ3v) is 2.58. The van der Waals surface area contributed by atoms with Crippen LogP contribution in [0.4, 0.5) is 11.4 Å². The SMILES string of the molecule is CC(C)Nc1ccc(-c2ccc(N)cc2)cc1. The second-order valence-corrected chi connectivity index (χ2v) is 4.50. The van der Waals surface area contributed by atoms with E-state index in [4.69, 9.17) is 5.73 Å². The number of hydrogen-bond donors (Lipinski definition) is 2. The smallest absolute Gasteiger partial charge is 0.0342 e. The average Bonchev–Trinajstić information content (AvgIpc) is 2.30. The Hall–Kier alpha value is -1.96. The molecule has 0 aromatic heterocycles. The lowest BCUT2D eigenvalue weighted by Crippen LogP contribution is -2.09. The zero-order valence-corrected chi connectivity index (χ0v) is 10.3. The molecular formula is C15H18N2. The van der Waals surface area contributed by atoms with Gasteiger partial charge in [0.1, 0.15) is 0 Å². The standard InChI is InChI=1S/C15H18N2/c1-11(2)17-15-9-5-13(6-10-15)12-3-7-14(16)8-4-12/h3-11,17H,16H2,1-2H3. The molecule has 0 amide bonds. The van der Waals surface area contributed by atoms with Crippen molar-refractivity contribution < 1.29 is 0 Å². The molecule has 2 rings (SSSR count). The first-order valence-electron chi connectivity index (χ1n) is 5.87. The molecule has 0 radical (unpaired) electrons. The molecule has 2 nitrogen and oxygen atoms in total. The fraction of sp³-hybridized carbons (Fsp3) is 0.200. The van der Waals surface area contributed by atoms with Crippen molar-refractivity contribution in [2.75, 3.05) is 11.1 Å². The minimum Gasteiger partial charge on any atom is -0.399 e. The van der Waals surface area contributed by atoms with Gasteiger partial charge in [-0.15, -0.1) is 0 Å². The summed E-state index contributed by atoms with van der Waals surface area (Å²) in [5, 5.41) is 3.37. The summed E-state index contributed by atoms with van der Waals surface area (Å²) < 4.78 is 0.